The molecule has 0 bridgehead atoms. The van der Waals surface area contributed by atoms with Crippen molar-refractivity contribution >= 4 is 17.1 Å². The molecule has 0 N–H and O–H groups in total. The molecule has 2 aromatic heterocycles. The van der Waals surface area contributed by atoms with E-state index >= 15 is 0 Å². The molecule has 4 heteroatoms. The highest BCUT2D eigenvalue weighted by atomic mass is 32.1. The molecule has 2 rings (SSSR count). The summed E-state index contributed by atoms with van der Waals surface area (Å²) in [5, 5.41) is 5.85. The molecular weight excluding hydrogens is 196 g/mol. The molecule has 14 heavy (non-hydrogen) atoms. The van der Waals surface area contributed by atoms with E-state index in [-0.39, 0.29) is 5.78 Å². The highest BCUT2D eigenvalue weighted by Gasteiger charge is 2.13. The largest absolute Gasteiger partial charge is 0.287 e. The standard InChI is InChI=1S/C10H10N2OS/c1-7-5-8(6-14-7)10(13)9-3-4-11-12(9)2/h3-6H,1-2H3. The smallest absolute Gasteiger partial charge is 0.211 e. The van der Waals surface area contributed by atoms with E-state index in [1.165, 1.54) is 0 Å². The minimum atomic E-state index is 0.0364. The summed E-state index contributed by atoms with van der Waals surface area (Å²) in [6, 6.07) is 3.63. The van der Waals surface area contributed by atoms with E-state index in [1.807, 2.05) is 18.4 Å². The maximum absolute atomic E-state index is 11.9. The topological polar surface area (TPSA) is 34.9 Å². The summed E-state index contributed by atoms with van der Waals surface area (Å²) in [5.41, 5.74) is 1.37. The van der Waals surface area contributed by atoms with Crippen LogP contribution in [-0.2, 0) is 7.05 Å². The monoisotopic (exact) mass is 206 g/mol. The molecule has 0 aliphatic heterocycles. The second kappa shape index (κ2) is 3.38. The van der Waals surface area contributed by atoms with Crippen LogP contribution < -0.4 is 0 Å². The van der Waals surface area contributed by atoms with Crippen LogP contribution in [0.25, 0.3) is 0 Å². The van der Waals surface area contributed by atoms with Gasteiger partial charge in [-0.1, -0.05) is 0 Å². The van der Waals surface area contributed by atoms with Gasteiger partial charge < -0.3 is 0 Å². The maximum atomic E-state index is 11.9. The minimum absolute atomic E-state index is 0.0364. The maximum Gasteiger partial charge on any atom is 0.211 e. The third-order valence-electron chi connectivity index (χ3n) is 2.05. The molecule has 0 amide bonds. The Bertz CT molecular complexity index is 470. The van der Waals surface area contributed by atoms with Gasteiger partial charge in [-0.2, -0.15) is 5.10 Å². The molecule has 2 heterocycles. The zero-order valence-corrected chi connectivity index (χ0v) is 8.84. The van der Waals surface area contributed by atoms with Gasteiger partial charge in [0.05, 0.1) is 0 Å². The van der Waals surface area contributed by atoms with Crippen molar-refractivity contribution in [2.24, 2.45) is 7.05 Å². The Morgan fingerprint density at radius 1 is 1.57 bits per heavy atom. The summed E-state index contributed by atoms with van der Waals surface area (Å²) in [6.07, 6.45) is 1.63. The number of aromatic nitrogens is 2. The van der Waals surface area contributed by atoms with Crippen LogP contribution in [0, 0.1) is 6.92 Å². The quantitative estimate of drug-likeness (QED) is 0.705. The van der Waals surface area contributed by atoms with Crippen LogP contribution in [0.1, 0.15) is 20.9 Å². The molecule has 0 aliphatic rings. The average molecular weight is 206 g/mol. The van der Waals surface area contributed by atoms with Gasteiger partial charge in [-0.25, -0.2) is 0 Å². The fourth-order valence-electron chi connectivity index (χ4n) is 1.31. The number of aryl methyl sites for hydroxylation is 2. The van der Waals surface area contributed by atoms with Gasteiger partial charge in [-0.3, -0.25) is 9.48 Å². The van der Waals surface area contributed by atoms with Gasteiger partial charge >= 0.3 is 0 Å². The summed E-state index contributed by atoms with van der Waals surface area (Å²) >= 11 is 1.59. The number of carbonyl (C=O) groups is 1. The Morgan fingerprint density at radius 2 is 2.36 bits per heavy atom. The first-order valence-corrected chi connectivity index (χ1v) is 5.14. The molecule has 0 unspecified atom stereocenters. The highest BCUT2D eigenvalue weighted by Crippen LogP contribution is 2.16. The van der Waals surface area contributed by atoms with Gasteiger partial charge in [-0.05, 0) is 19.1 Å². The summed E-state index contributed by atoms with van der Waals surface area (Å²) < 4.78 is 1.59. The highest BCUT2D eigenvalue weighted by molar-refractivity contribution is 7.10. The molecule has 3 nitrogen and oxygen atoms in total. The number of rotatable bonds is 2. The number of hydrogen-bond donors (Lipinski definition) is 0. The van der Waals surface area contributed by atoms with Gasteiger partial charge in [0.25, 0.3) is 0 Å². The van der Waals surface area contributed by atoms with Crippen LogP contribution in [0.4, 0.5) is 0 Å². The molecule has 0 fully saturated rings. The summed E-state index contributed by atoms with van der Waals surface area (Å²) in [7, 11) is 1.77. The van der Waals surface area contributed by atoms with Crippen molar-refractivity contribution in [3.63, 3.8) is 0 Å². The number of carbonyl (C=O) groups excluding carboxylic acids is 1. The lowest BCUT2D eigenvalue weighted by Crippen LogP contribution is -2.07. The number of ketones is 1. The van der Waals surface area contributed by atoms with E-state index in [4.69, 9.17) is 0 Å². The van der Waals surface area contributed by atoms with Crippen LogP contribution >= 0.6 is 11.3 Å². The summed E-state index contributed by atoms with van der Waals surface area (Å²) in [4.78, 5) is 13.0. The van der Waals surface area contributed by atoms with Crippen molar-refractivity contribution in [2.45, 2.75) is 6.92 Å². The second-order valence-corrected chi connectivity index (χ2v) is 4.23. The van der Waals surface area contributed by atoms with Crippen molar-refractivity contribution in [2.75, 3.05) is 0 Å². The number of nitrogens with zero attached hydrogens (tertiary/aromatic N) is 2. The van der Waals surface area contributed by atoms with Gasteiger partial charge in [0.2, 0.25) is 5.78 Å². The van der Waals surface area contributed by atoms with Crippen molar-refractivity contribution < 1.29 is 4.79 Å². The van der Waals surface area contributed by atoms with Crippen molar-refractivity contribution in [1.82, 2.24) is 9.78 Å². The Hall–Kier alpha value is -1.42. The fourth-order valence-corrected chi connectivity index (χ4v) is 1.99. The zero-order chi connectivity index (χ0) is 10.1. The van der Waals surface area contributed by atoms with Gasteiger partial charge in [0.15, 0.2) is 0 Å². The molecule has 2 aromatic rings. The Kier molecular flexibility index (Phi) is 2.21. The predicted octanol–water partition coefficient (Wildman–Crippen LogP) is 2.02. The molecule has 0 aliphatic carbocycles. The molecule has 72 valence electrons. The van der Waals surface area contributed by atoms with Crippen LogP contribution in [0.5, 0.6) is 0 Å². The van der Waals surface area contributed by atoms with E-state index in [1.54, 1.807) is 35.3 Å². The third kappa shape index (κ3) is 1.48. The van der Waals surface area contributed by atoms with Crippen molar-refractivity contribution in [1.29, 1.82) is 0 Å². The van der Waals surface area contributed by atoms with Crippen LogP contribution in [0.15, 0.2) is 23.7 Å². The summed E-state index contributed by atoms with van der Waals surface area (Å²) in [5.74, 6) is 0.0364. The lowest BCUT2D eigenvalue weighted by atomic mass is 10.1. The van der Waals surface area contributed by atoms with E-state index in [0.29, 0.717) is 5.69 Å². The lowest BCUT2D eigenvalue weighted by Gasteiger charge is -1.97. The Morgan fingerprint density at radius 3 is 2.86 bits per heavy atom. The third-order valence-corrected chi connectivity index (χ3v) is 2.91. The molecule has 0 radical (unpaired) electrons. The zero-order valence-electron chi connectivity index (χ0n) is 8.02. The number of hydrogen-bond acceptors (Lipinski definition) is 3. The molecule has 0 saturated heterocycles. The van der Waals surface area contributed by atoms with Gasteiger partial charge in [0, 0.05) is 29.1 Å². The van der Waals surface area contributed by atoms with E-state index < -0.39 is 0 Å². The van der Waals surface area contributed by atoms with E-state index in [9.17, 15) is 4.79 Å². The van der Waals surface area contributed by atoms with Gasteiger partial charge in [0.1, 0.15) is 5.69 Å². The van der Waals surface area contributed by atoms with Crippen LogP contribution in [-0.4, -0.2) is 15.6 Å². The molecule has 0 saturated carbocycles. The lowest BCUT2D eigenvalue weighted by molar-refractivity contribution is 0.103. The minimum Gasteiger partial charge on any atom is -0.287 e. The molecular formula is C10H10N2OS. The SMILES string of the molecule is Cc1cc(C(=O)c2ccnn2C)cs1. The Labute approximate surface area is 86.0 Å². The van der Waals surface area contributed by atoms with Crippen molar-refractivity contribution in [3.8, 4) is 0 Å². The first kappa shape index (κ1) is 9.15. The first-order valence-electron chi connectivity index (χ1n) is 4.26. The molecule has 0 atom stereocenters. The second-order valence-electron chi connectivity index (χ2n) is 3.12. The summed E-state index contributed by atoms with van der Waals surface area (Å²) in [6.45, 7) is 1.99. The van der Waals surface area contributed by atoms with Gasteiger partial charge in [-0.15, -0.1) is 11.3 Å². The molecule has 0 aromatic carbocycles. The molecule has 0 spiro atoms. The Balaban J connectivity index is 2.38. The van der Waals surface area contributed by atoms with Crippen LogP contribution in [0.2, 0.25) is 0 Å². The predicted molar refractivity (Wildman–Crippen MR) is 55.7 cm³/mol. The first-order chi connectivity index (χ1) is 6.68. The van der Waals surface area contributed by atoms with E-state index in [2.05, 4.69) is 5.10 Å². The van der Waals surface area contributed by atoms with Crippen molar-refractivity contribution in [3.05, 3.63) is 39.8 Å². The normalized spacial score (nSPS) is 10.4. The van der Waals surface area contributed by atoms with Crippen LogP contribution in [0.3, 0.4) is 0 Å². The van der Waals surface area contributed by atoms with E-state index in [0.717, 1.165) is 10.4 Å². The number of thiophene rings is 1. The fraction of sp³-hybridized carbons (Fsp3) is 0.200. The average Bonchev–Trinajstić information content (AvgIpc) is 2.73.